The second-order valence-electron chi connectivity index (χ2n) is 6.36. The van der Waals surface area contributed by atoms with E-state index in [1.54, 1.807) is 42.5 Å². The lowest BCUT2D eigenvalue weighted by Gasteiger charge is -2.09. The Labute approximate surface area is 201 Å². The van der Waals surface area contributed by atoms with E-state index in [9.17, 15) is 19.7 Å². The van der Waals surface area contributed by atoms with E-state index < -0.39 is 23.4 Å². The first-order valence-corrected chi connectivity index (χ1v) is 10.5. The van der Waals surface area contributed by atoms with Crippen molar-refractivity contribution in [3.8, 4) is 11.5 Å². The lowest BCUT2D eigenvalue weighted by atomic mass is 10.2. The Bertz CT molecular complexity index is 1230. The van der Waals surface area contributed by atoms with E-state index in [1.165, 1.54) is 30.5 Å². The number of carbonyl (C=O) groups excluding carboxylic acids is 2. The number of benzene rings is 3. The zero-order valence-corrected chi connectivity index (χ0v) is 19.1. The number of nitrogens with zero attached hydrogens (tertiary/aromatic N) is 2. The highest BCUT2D eigenvalue weighted by molar-refractivity contribution is 9.10. The molecule has 33 heavy (non-hydrogen) atoms. The molecule has 0 saturated carbocycles. The molecule has 11 heteroatoms. The summed E-state index contributed by atoms with van der Waals surface area (Å²) in [5.41, 5.74) is 2.59. The van der Waals surface area contributed by atoms with Gasteiger partial charge in [-0.1, -0.05) is 51.8 Å². The van der Waals surface area contributed by atoms with Gasteiger partial charge in [0.1, 0.15) is 5.75 Å². The van der Waals surface area contributed by atoms with Crippen molar-refractivity contribution >= 4 is 51.3 Å². The number of hydrogen-bond acceptors (Lipinski definition) is 7. The van der Waals surface area contributed by atoms with Crippen molar-refractivity contribution in [2.24, 2.45) is 5.10 Å². The zero-order valence-electron chi connectivity index (χ0n) is 16.7. The molecule has 3 aromatic carbocycles. The highest BCUT2D eigenvalue weighted by atomic mass is 79.9. The predicted molar refractivity (Wildman–Crippen MR) is 125 cm³/mol. The summed E-state index contributed by atoms with van der Waals surface area (Å²) >= 11 is 9.36. The van der Waals surface area contributed by atoms with Crippen molar-refractivity contribution in [2.45, 2.75) is 0 Å². The first-order chi connectivity index (χ1) is 15.8. The third-order valence-corrected chi connectivity index (χ3v) is 4.90. The maximum Gasteiger partial charge on any atom is 0.345 e. The van der Waals surface area contributed by atoms with Gasteiger partial charge in [-0.3, -0.25) is 14.9 Å². The van der Waals surface area contributed by atoms with Crippen LogP contribution in [0, 0.1) is 10.1 Å². The van der Waals surface area contributed by atoms with Gasteiger partial charge in [0, 0.05) is 16.1 Å². The van der Waals surface area contributed by atoms with E-state index in [4.69, 9.17) is 21.1 Å². The highest BCUT2D eigenvalue weighted by Crippen LogP contribution is 2.26. The number of rotatable bonds is 8. The number of nitro benzene ring substituents is 1. The van der Waals surface area contributed by atoms with Gasteiger partial charge in [0.25, 0.3) is 5.91 Å². The lowest BCUT2D eigenvalue weighted by Crippen LogP contribution is -2.24. The van der Waals surface area contributed by atoms with Crippen LogP contribution in [-0.2, 0) is 4.79 Å². The number of ether oxygens (including phenoxy) is 2. The van der Waals surface area contributed by atoms with E-state index in [-0.39, 0.29) is 27.8 Å². The monoisotopic (exact) mass is 531 g/mol. The highest BCUT2D eigenvalue weighted by Gasteiger charge is 2.16. The van der Waals surface area contributed by atoms with Gasteiger partial charge in [-0.2, -0.15) is 5.10 Å². The molecule has 0 radical (unpaired) electrons. The van der Waals surface area contributed by atoms with Crippen LogP contribution in [0.4, 0.5) is 5.69 Å². The van der Waals surface area contributed by atoms with Crippen LogP contribution < -0.4 is 14.9 Å². The molecule has 0 aliphatic heterocycles. The van der Waals surface area contributed by atoms with Crippen LogP contribution in [0.25, 0.3) is 0 Å². The number of amides is 1. The summed E-state index contributed by atoms with van der Waals surface area (Å²) in [6.07, 6.45) is 1.28. The lowest BCUT2D eigenvalue weighted by molar-refractivity contribution is -0.385. The molecule has 0 saturated heterocycles. The van der Waals surface area contributed by atoms with Crippen LogP contribution in [0.15, 0.2) is 76.3 Å². The minimum atomic E-state index is -0.653. The first kappa shape index (κ1) is 23.9. The van der Waals surface area contributed by atoms with Crippen LogP contribution in [-0.4, -0.2) is 29.6 Å². The van der Waals surface area contributed by atoms with Crippen LogP contribution in [0.2, 0.25) is 5.02 Å². The molecule has 1 amide bonds. The van der Waals surface area contributed by atoms with Crippen molar-refractivity contribution in [1.29, 1.82) is 0 Å². The Morgan fingerprint density at radius 3 is 2.58 bits per heavy atom. The number of nitrogens with one attached hydrogen (secondary N) is 1. The van der Waals surface area contributed by atoms with Gasteiger partial charge in [-0.15, -0.1) is 0 Å². The quantitative estimate of drug-likeness (QED) is 0.147. The fourth-order valence-corrected chi connectivity index (χ4v) is 3.17. The summed E-state index contributed by atoms with van der Waals surface area (Å²) in [4.78, 5) is 34.9. The Morgan fingerprint density at radius 1 is 1.09 bits per heavy atom. The van der Waals surface area contributed by atoms with Crippen LogP contribution in [0.3, 0.4) is 0 Å². The molecular formula is C22H15BrClN3O6. The van der Waals surface area contributed by atoms with Crippen LogP contribution in [0.5, 0.6) is 11.5 Å². The van der Waals surface area contributed by atoms with Gasteiger partial charge in [-0.05, 0) is 36.4 Å². The maximum absolute atomic E-state index is 12.5. The molecule has 0 aromatic heterocycles. The van der Waals surface area contributed by atoms with Crippen molar-refractivity contribution in [2.75, 3.05) is 6.61 Å². The molecule has 1 N–H and O–H groups in total. The smallest absolute Gasteiger partial charge is 0.345 e. The summed E-state index contributed by atoms with van der Waals surface area (Å²) in [5.74, 6) is -1.15. The number of halogens is 2. The first-order valence-electron chi connectivity index (χ1n) is 9.29. The van der Waals surface area contributed by atoms with Crippen LogP contribution >= 0.6 is 27.5 Å². The van der Waals surface area contributed by atoms with Gasteiger partial charge < -0.3 is 9.47 Å². The second-order valence-corrected chi connectivity index (χ2v) is 7.68. The molecule has 3 rings (SSSR count). The van der Waals surface area contributed by atoms with Gasteiger partial charge in [0.15, 0.2) is 12.4 Å². The molecule has 0 aliphatic rings. The summed E-state index contributed by atoms with van der Waals surface area (Å²) in [6.45, 7) is -0.491. The van der Waals surface area contributed by atoms with Crippen molar-refractivity contribution in [1.82, 2.24) is 5.43 Å². The standard InChI is InChI=1S/C22H15BrClN3O6/c23-15-9-10-19(33-22(29)16-5-1-2-6-17(16)24)14(11-15)12-25-26-21(28)13-32-20-8-4-3-7-18(20)27(30)31/h1-12H,13H2,(H,26,28)/b25-12-. The molecule has 0 atom stereocenters. The van der Waals surface area contributed by atoms with Gasteiger partial charge >= 0.3 is 11.7 Å². The third kappa shape index (κ3) is 6.61. The molecular weight excluding hydrogens is 518 g/mol. The summed E-state index contributed by atoms with van der Waals surface area (Å²) in [5, 5.41) is 15.1. The Balaban J connectivity index is 1.64. The summed E-state index contributed by atoms with van der Waals surface area (Å²) in [6, 6.07) is 17.0. The number of para-hydroxylation sites is 2. The number of nitro groups is 1. The average Bonchev–Trinajstić information content (AvgIpc) is 2.79. The molecule has 0 fully saturated rings. The largest absolute Gasteiger partial charge is 0.477 e. The van der Waals surface area contributed by atoms with E-state index in [0.29, 0.717) is 10.0 Å². The van der Waals surface area contributed by atoms with Gasteiger partial charge in [-0.25, -0.2) is 10.2 Å². The molecule has 0 unspecified atom stereocenters. The van der Waals surface area contributed by atoms with Gasteiger partial charge in [0.2, 0.25) is 0 Å². The van der Waals surface area contributed by atoms with Crippen molar-refractivity contribution < 1.29 is 24.0 Å². The number of esters is 1. The predicted octanol–water partition coefficient (Wildman–Crippen LogP) is 4.76. The molecule has 0 spiro atoms. The van der Waals surface area contributed by atoms with Crippen LogP contribution in [0.1, 0.15) is 15.9 Å². The minimum Gasteiger partial charge on any atom is -0.477 e. The SMILES string of the molecule is O=C(COc1ccccc1[N+](=O)[O-])N/N=C\c1cc(Br)ccc1OC(=O)c1ccccc1Cl. The normalized spacial score (nSPS) is 10.6. The molecule has 3 aromatic rings. The van der Waals surface area contributed by atoms with Gasteiger partial charge in [0.05, 0.1) is 21.7 Å². The van der Waals surface area contributed by atoms with E-state index in [2.05, 4.69) is 26.5 Å². The fraction of sp³-hybridized carbons (Fsp3) is 0.0455. The minimum absolute atomic E-state index is 0.0395. The molecule has 0 aliphatic carbocycles. The van der Waals surface area contributed by atoms with E-state index >= 15 is 0 Å². The maximum atomic E-state index is 12.5. The van der Waals surface area contributed by atoms with Crippen molar-refractivity contribution in [3.05, 3.63) is 97.5 Å². The summed E-state index contributed by atoms with van der Waals surface area (Å²) < 4.78 is 11.3. The Morgan fingerprint density at radius 2 is 1.82 bits per heavy atom. The Hall–Kier alpha value is -3.76. The Kier molecular flexibility index (Phi) is 8.11. The number of hydrazone groups is 1. The van der Waals surface area contributed by atoms with Crippen molar-refractivity contribution in [3.63, 3.8) is 0 Å². The van der Waals surface area contributed by atoms with E-state index in [0.717, 1.165) is 0 Å². The molecule has 168 valence electrons. The zero-order chi connectivity index (χ0) is 23.8. The topological polar surface area (TPSA) is 120 Å². The molecule has 9 nitrogen and oxygen atoms in total. The number of carbonyl (C=O) groups is 2. The number of hydrogen-bond donors (Lipinski definition) is 1. The summed E-state index contributed by atoms with van der Waals surface area (Å²) in [7, 11) is 0. The fourth-order valence-electron chi connectivity index (χ4n) is 2.57. The third-order valence-electron chi connectivity index (χ3n) is 4.08. The average molecular weight is 533 g/mol. The van der Waals surface area contributed by atoms with E-state index in [1.807, 2.05) is 0 Å². The molecule has 0 heterocycles. The molecule has 0 bridgehead atoms. The second kappa shape index (κ2) is 11.2.